The van der Waals surface area contributed by atoms with Gasteiger partial charge in [0, 0.05) is 44.0 Å². The fourth-order valence-corrected chi connectivity index (χ4v) is 3.96. The van der Waals surface area contributed by atoms with Gasteiger partial charge in [0.25, 0.3) is 0 Å². The molecule has 1 aromatic rings. The van der Waals surface area contributed by atoms with Crippen LogP contribution in [0.4, 0.5) is 0 Å². The van der Waals surface area contributed by atoms with Crippen LogP contribution in [0.2, 0.25) is 0 Å². The molecule has 2 saturated heterocycles. The number of thioether (sulfide) groups is 1. The van der Waals surface area contributed by atoms with Crippen molar-refractivity contribution >= 4 is 11.8 Å². The third-order valence-corrected chi connectivity index (χ3v) is 5.19. The second kappa shape index (κ2) is 7.38. The number of ether oxygens (including phenoxy) is 2. The average Bonchev–Trinajstić information content (AvgIpc) is 3.03. The molecule has 0 saturated carbocycles. The summed E-state index contributed by atoms with van der Waals surface area (Å²) in [5.74, 6) is 4.10. The van der Waals surface area contributed by atoms with E-state index in [9.17, 15) is 0 Å². The highest BCUT2D eigenvalue weighted by Crippen LogP contribution is 2.35. The summed E-state index contributed by atoms with van der Waals surface area (Å²) < 4.78 is 11.8. The monoisotopic (exact) mass is 308 g/mol. The van der Waals surface area contributed by atoms with Gasteiger partial charge in [0.2, 0.25) is 0 Å². The summed E-state index contributed by atoms with van der Waals surface area (Å²) >= 11 is 1.97. The first-order chi connectivity index (χ1) is 10.4. The lowest BCUT2D eigenvalue weighted by atomic mass is 10.1. The van der Waals surface area contributed by atoms with E-state index in [2.05, 4.69) is 22.3 Å². The standard InChI is InChI=1S/C16H24N2O2S/c1-19-15-4-2-3-13(11-18-8-6-17-7-9-18)16(15)20-14-5-10-21-12-14/h2-4,14,17H,5-12H2,1H3. The van der Waals surface area contributed by atoms with E-state index >= 15 is 0 Å². The Kier molecular flexibility index (Phi) is 5.27. The van der Waals surface area contributed by atoms with Gasteiger partial charge < -0.3 is 14.8 Å². The van der Waals surface area contributed by atoms with Crippen molar-refractivity contribution in [2.75, 3.05) is 44.8 Å². The minimum absolute atomic E-state index is 0.327. The average molecular weight is 308 g/mol. The fourth-order valence-electron chi connectivity index (χ4n) is 2.86. The van der Waals surface area contributed by atoms with Crippen LogP contribution in [0.3, 0.4) is 0 Å². The smallest absolute Gasteiger partial charge is 0.166 e. The molecule has 1 unspecified atom stereocenters. The molecule has 1 N–H and O–H groups in total. The molecule has 116 valence electrons. The first kappa shape index (κ1) is 15.0. The normalized spacial score (nSPS) is 23.2. The highest BCUT2D eigenvalue weighted by atomic mass is 32.2. The van der Waals surface area contributed by atoms with Crippen molar-refractivity contribution in [3.8, 4) is 11.5 Å². The lowest BCUT2D eigenvalue weighted by molar-refractivity contribution is 0.201. The Morgan fingerprint density at radius 3 is 2.90 bits per heavy atom. The number of nitrogens with one attached hydrogen (secondary N) is 1. The van der Waals surface area contributed by atoms with Crippen molar-refractivity contribution in [1.82, 2.24) is 10.2 Å². The summed E-state index contributed by atoms with van der Waals surface area (Å²) in [7, 11) is 1.72. The molecule has 2 aliphatic heterocycles. The van der Waals surface area contributed by atoms with E-state index in [4.69, 9.17) is 9.47 Å². The van der Waals surface area contributed by atoms with Crippen molar-refractivity contribution in [3.63, 3.8) is 0 Å². The zero-order valence-corrected chi connectivity index (χ0v) is 13.5. The third-order valence-electron chi connectivity index (χ3n) is 4.06. The molecule has 4 nitrogen and oxygen atoms in total. The second-order valence-corrected chi connectivity index (χ2v) is 6.73. The van der Waals surface area contributed by atoms with E-state index in [1.54, 1.807) is 7.11 Å². The third kappa shape index (κ3) is 3.84. The number of piperazine rings is 1. The van der Waals surface area contributed by atoms with E-state index in [0.717, 1.165) is 56.4 Å². The summed E-state index contributed by atoms with van der Waals surface area (Å²) in [6, 6.07) is 6.23. The Morgan fingerprint density at radius 1 is 1.33 bits per heavy atom. The van der Waals surface area contributed by atoms with Crippen LogP contribution >= 0.6 is 11.8 Å². The van der Waals surface area contributed by atoms with Gasteiger partial charge in [-0.1, -0.05) is 12.1 Å². The molecule has 2 fully saturated rings. The molecule has 21 heavy (non-hydrogen) atoms. The first-order valence-electron chi connectivity index (χ1n) is 7.70. The van der Waals surface area contributed by atoms with Gasteiger partial charge in [-0.2, -0.15) is 11.8 Å². The minimum Gasteiger partial charge on any atom is -0.493 e. The van der Waals surface area contributed by atoms with Crippen molar-refractivity contribution in [2.45, 2.75) is 19.1 Å². The molecule has 1 atom stereocenters. The maximum atomic E-state index is 6.28. The van der Waals surface area contributed by atoms with E-state index < -0.39 is 0 Å². The van der Waals surface area contributed by atoms with Crippen LogP contribution in [-0.2, 0) is 6.54 Å². The van der Waals surface area contributed by atoms with Gasteiger partial charge >= 0.3 is 0 Å². The van der Waals surface area contributed by atoms with Gasteiger partial charge in [-0.25, -0.2) is 0 Å². The molecule has 2 heterocycles. The number of hydrogen-bond acceptors (Lipinski definition) is 5. The molecular formula is C16H24N2O2S. The minimum atomic E-state index is 0.327. The van der Waals surface area contributed by atoms with Gasteiger partial charge in [0.15, 0.2) is 11.5 Å². The van der Waals surface area contributed by atoms with E-state index in [0.29, 0.717) is 6.10 Å². The van der Waals surface area contributed by atoms with Gasteiger partial charge in [-0.05, 0) is 18.2 Å². The van der Waals surface area contributed by atoms with Crippen LogP contribution < -0.4 is 14.8 Å². The number of rotatable bonds is 5. The molecule has 0 bridgehead atoms. The summed E-state index contributed by atoms with van der Waals surface area (Å²) in [6.45, 7) is 5.26. The van der Waals surface area contributed by atoms with E-state index in [-0.39, 0.29) is 0 Å². The summed E-state index contributed by atoms with van der Waals surface area (Å²) in [6.07, 6.45) is 1.46. The Labute approximate surface area is 131 Å². The van der Waals surface area contributed by atoms with Crippen molar-refractivity contribution in [3.05, 3.63) is 23.8 Å². The highest BCUT2D eigenvalue weighted by molar-refractivity contribution is 7.99. The number of nitrogens with zero attached hydrogens (tertiary/aromatic N) is 1. The zero-order valence-electron chi connectivity index (χ0n) is 12.6. The second-order valence-electron chi connectivity index (χ2n) is 5.58. The largest absolute Gasteiger partial charge is 0.493 e. The van der Waals surface area contributed by atoms with Crippen molar-refractivity contribution in [1.29, 1.82) is 0 Å². The van der Waals surface area contributed by atoms with Crippen LogP contribution in [0.5, 0.6) is 11.5 Å². The van der Waals surface area contributed by atoms with Crippen LogP contribution in [0, 0.1) is 0 Å². The van der Waals surface area contributed by atoms with Gasteiger partial charge in [-0.15, -0.1) is 0 Å². The zero-order chi connectivity index (χ0) is 14.5. The Balaban J connectivity index is 1.76. The van der Waals surface area contributed by atoms with Crippen molar-refractivity contribution in [2.24, 2.45) is 0 Å². The highest BCUT2D eigenvalue weighted by Gasteiger charge is 2.22. The van der Waals surface area contributed by atoms with Gasteiger partial charge in [0.1, 0.15) is 6.10 Å². The van der Waals surface area contributed by atoms with Crippen LogP contribution in [0.1, 0.15) is 12.0 Å². The maximum Gasteiger partial charge on any atom is 0.166 e. The summed E-state index contributed by atoms with van der Waals surface area (Å²) in [4.78, 5) is 2.47. The molecule has 0 radical (unpaired) electrons. The van der Waals surface area contributed by atoms with Crippen LogP contribution in [0.25, 0.3) is 0 Å². The Bertz CT molecular complexity index is 458. The Morgan fingerprint density at radius 2 is 2.19 bits per heavy atom. The number of methoxy groups -OCH3 is 1. The molecule has 0 aliphatic carbocycles. The predicted octanol–water partition coefficient (Wildman–Crippen LogP) is 1.98. The predicted molar refractivity (Wildman–Crippen MR) is 87.5 cm³/mol. The summed E-state index contributed by atoms with van der Waals surface area (Å²) in [5.41, 5.74) is 1.24. The van der Waals surface area contributed by atoms with E-state index in [1.807, 2.05) is 17.8 Å². The number of para-hydroxylation sites is 1. The van der Waals surface area contributed by atoms with Gasteiger partial charge in [-0.3, -0.25) is 4.90 Å². The summed E-state index contributed by atoms with van der Waals surface area (Å²) in [5, 5.41) is 3.40. The first-order valence-corrected chi connectivity index (χ1v) is 8.85. The lowest BCUT2D eigenvalue weighted by Gasteiger charge is -2.28. The fraction of sp³-hybridized carbons (Fsp3) is 0.625. The van der Waals surface area contributed by atoms with Crippen molar-refractivity contribution < 1.29 is 9.47 Å². The van der Waals surface area contributed by atoms with Gasteiger partial charge in [0.05, 0.1) is 7.11 Å². The van der Waals surface area contributed by atoms with Crippen LogP contribution in [0.15, 0.2) is 18.2 Å². The molecule has 5 heteroatoms. The van der Waals surface area contributed by atoms with Crippen LogP contribution in [-0.4, -0.2) is 55.8 Å². The Hall–Kier alpha value is -0.910. The molecule has 2 aliphatic rings. The number of benzene rings is 1. The molecule has 0 spiro atoms. The number of hydrogen-bond donors (Lipinski definition) is 1. The molecular weight excluding hydrogens is 284 g/mol. The molecule has 0 amide bonds. The quantitative estimate of drug-likeness (QED) is 0.899. The molecule has 1 aromatic carbocycles. The molecule has 3 rings (SSSR count). The molecule has 0 aromatic heterocycles. The van der Waals surface area contributed by atoms with E-state index in [1.165, 1.54) is 11.3 Å². The SMILES string of the molecule is COc1cccc(CN2CCNCC2)c1OC1CCSC1. The lowest BCUT2D eigenvalue weighted by Crippen LogP contribution is -2.43. The maximum absolute atomic E-state index is 6.28. The topological polar surface area (TPSA) is 33.7 Å².